The minimum atomic E-state index is -0.527. The molecule has 0 radical (unpaired) electrons. The number of phenolic OH excluding ortho intramolecular Hbond substituents is 1. The Balaban J connectivity index is 1.71. The van der Waals surface area contributed by atoms with Crippen molar-refractivity contribution in [3.05, 3.63) is 64.3 Å². The number of aromatic hydroxyl groups is 1. The average molecular weight is 396 g/mol. The molecule has 0 bridgehead atoms. The zero-order valence-electron chi connectivity index (χ0n) is 15.1. The van der Waals surface area contributed by atoms with E-state index in [0.29, 0.717) is 18.0 Å². The molecule has 0 fully saturated rings. The molecule has 1 heterocycles. The quantitative estimate of drug-likeness (QED) is 0.436. The van der Waals surface area contributed by atoms with Crippen molar-refractivity contribution in [1.82, 2.24) is 10.3 Å². The molecule has 3 N–H and O–H groups in total. The van der Waals surface area contributed by atoms with Crippen molar-refractivity contribution in [3.8, 4) is 17.6 Å². The van der Waals surface area contributed by atoms with E-state index in [0.717, 1.165) is 16.5 Å². The number of aromatic nitrogens is 1. The highest BCUT2D eigenvalue weighted by Crippen LogP contribution is 2.34. The standard InChI is InChI=1S/C21H18ClN3O3/c1-28-19-10-16(22)9-14(20(19)26)8-15(11-23)21(27)24-7-6-13-12-25-18-5-3-2-4-17(13)18/h2-5,8-10,12,25-26H,6-7H2,1H3,(H,24,27)/b15-8-. The van der Waals surface area contributed by atoms with Crippen LogP contribution < -0.4 is 10.1 Å². The molecule has 0 spiro atoms. The van der Waals surface area contributed by atoms with E-state index in [1.54, 1.807) is 0 Å². The summed E-state index contributed by atoms with van der Waals surface area (Å²) >= 11 is 5.99. The Labute approximate surface area is 167 Å². The lowest BCUT2D eigenvalue weighted by Gasteiger charge is -2.08. The summed E-state index contributed by atoms with van der Waals surface area (Å²) in [5.41, 5.74) is 2.20. The molecule has 0 aliphatic carbocycles. The van der Waals surface area contributed by atoms with Crippen LogP contribution in [0.5, 0.6) is 11.5 Å². The second kappa shape index (κ2) is 8.51. The molecular formula is C21H18ClN3O3. The van der Waals surface area contributed by atoms with Crippen molar-refractivity contribution in [2.75, 3.05) is 13.7 Å². The summed E-state index contributed by atoms with van der Waals surface area (Å²) in [6, 6.07) is 12.7. The number of aromatic amines is 1. The first-order valence-electron chi connectivity index (χ1n) is 8.55. The van der Waals surface area contributed by atoms with Crippen LogP contribution in [0.3, 0.4) is 0 Å². The number of rotatable bonds is 6. The summed E-state index contributed by atoms with van der Waals surface area (Å²) in [6.45, 7) is 0.366. The third kappa shape index (κ3) is 4.11. The van der Waals surface area contributed by atoms with Gasteiger partial charge in [0.25, 0.3) is 5.91 Å². The fourth-order valence-corrected chi connectivity index (χ4v) is 3.13. The zero-order chi connectivity index (χ0) is 20.1. The summed E-state index contributed by atoms with van der Waals surface area (Å²) in [6.07, 6.45) is 3.81. The Kier molecular flexibility index (Phi) is 5.87. The van der Waals surface area contributed by atoms with Gasteiger partial charge in [0.15, 0.2) is 11.5 Å². The highest BCUT2D eigenvalue weighted by atomic mass is 35.5. The molecule has 0 saturated heterocycles. The van der Waals surface area contributed by atoms with E-state index in [9.17, 15) is 15.2 Å². The predicted octanol–water partition coefficient (Wildman–Crippen LogP) is 3.80. The molecule has 1 amide bonds. The molecule has 28 heavy (non-hydrogen) atoms. The van der Waals surface area contributed by atoms with Gasteiger partial charge in [-0.1, -0.05) is 29.8 Å². The summed E-state index contributed by atoms with van der Waals surface area (Å²) < 4.78 is 5.03. The second-order valence-electron chi connectivity index (χ2n) is 6.08. The van der Waals surface area contributed by atoms with E-state index in [2.05, 4.69) is 10.3 Å². The maximum Gasteiger partial charge on any atom is 0.261 e. The van der Waals surface area contributed by atoms with Crippen LogP contribution >= 0.6 is 11.6 Å². The third-order valence-electron chi connectivity index (χ3n) is 4.31. The lowest BCUT2D eigenvalue weighted by Crippen LogP contribution is -2.26. The maximum atomic E-state index is 12.4. The predicted molar refractivity (Wildman–Crippen MR) is 108 cm³/mol. The highest BCUT2D eigenvalue weighted by molar-refractivity contribution is 6.31. The fourth-order valence-electron chi connectivity index (χ4n) is 2.91. The topological polar surface area (TPSA) is 98.1 Å². The van der Waals surface area contributed by atoms with Crippen LogP contribution in [0.2, 0.25) is 5.02 Å². The number of halogens is 1. The minimum absolute atomic E-state index is 0.140. The van der Waals surface area contributed by atoms with Gasteiger partial charge < -0.3 is 20.1 Å². The number of carbonyl (C=O) groups is 1. The second-order valence-corrected chi connectivity index (χ2v) is 6.52. The van der Waals surface area contributed by atoms with Gasteiger partial charge in [-0.15, -0.1) is 0 Å². The number of carbonyl (C=O) groups excluding carboxylic acids is 1. The van der Waals surface area contributed by atoms with E-state index in [1.165, 1.54) is 25.3 Å². The van der Waals surface area contributed by atoms with Gasteiger partial charge >= 0.3 is 0 Å². The SMILES string of the molecule is COc1cc(Cl)cc(/C=C(/C#N)C(=O)NCCc2c[nH]c3ccccc23)c1O. The molecule has 0 aliphatic rings. The van der Waals surface area contributed by atoms with Crippen LogP contribution in [0.4, 0.5) is 0 Å². The number of nitriles is 1. The van der Waals surface area contributed by atoms with Crippen LogP contribution in [-0.4, -0.2) is 29.7 Å². The van der Waals surface area contributed by atoms with Crippen molar-refractivity contribution in [2.45, 2.75) is 6.42 Å². The summed E-state index contributed by atoms with van der Waals surface area (Å²) in [4.78, 5) is 15.6. The number of amides is 1. The van der Waals surface area contributed by atoms with E-state index in [1.807, 2.05) is 36.5 Å². The monoisotopic (exact) mass is 395 g/mol. The maximum absolute atomic E-state index is 12.4. The number of hydrogen-bond acceptors (Lipinski definition) is 4. The van der Waals surface area contributed by atoms with Crippen LogP contribution in [0.25, 0.3) is 17.0 Å². The molecule has 3 rings (SSSR count). The number of H-pyrrole nitrogens is 1. The van der Waals surface area contributed by atoms with Crippen molar-refractivity contribution >= 4 is 34.5 Å². The smallest absolute Gasteiger partial charge is 0.261 e. The first kappa shape index (κ1) is 19.3. The van der Waals surface area contributed by atoms with Crippen LogP contribution in [0, 0.1) is 11.3 Å². The normalized spacial score (nSPS) is 11.2. The number of para-hydroxylation sites is 1. The first-order valence-corrected chi connectivity index (χ1v) is 8.92. The van der Waals surface area contributed by atoms with Gasteiger partial charge in [0.2, 0.25) is 0 Å². The number of nitrogens with one attached hydrogen (secondary N) is 2. The Bertz CT molecular complexity index is 1100. The molecule has 0 unspecified atom stereocenters. The molecule has 0 saturated carbocycles. The molecule has 7 heteroatoms. The summed E-state index contributed by atoms with van der Waals surface area (Å²) in [7, 11) is 1.39. The Morgan fingerprint density at radius 1 is 1.39 bits per heavy atom. The van der Waals surface area contributed by atoms with Gasteiger partial charge in [-0.25, -0.2) is 0 Å². The molecule has 6 nitrogen and oxygen atoms in total. The Morgan fingerprint density at radius 3 is 2.93 bits per heavy atom. The molecule has 0 atom stereocenters. The van der Waals surface area contributed by atoms with E-state index in [-0.39, 0.29) is 22.6 Å². The lowest BCUT2D eigenvalue weighted by molar-refractivity contribution is -0.117. The molecule has 1 aromatic heterocycles. The van der Waals surface area contributed by atoms with Gasteiger partial charge in [-0.2, -0.15) is 5.26 Å². The first-order chi connectivity index (χ1) is 13.5. The van der Waals surface area contributed by atoms with Crippen LogP contribution in [0.1, 0.15) is 11.1 Å². The average Bonchev–Trinajstić information content (AvgIpc) is 3.11. The largest absolute Gasteiger partial charge is 0.504 e. The van der Waals surface area contributed by atoms with Gasteiger partial charge in [0.05, 0.1) is 7.11 Å². The summed E-state index contributed by atoms with van der Waals surface area (Å²) in [5.74, 6) is -0.553. The van der Waals surface area contributed by atoms with Gasteiger partial charge in [-0.3, -0.25) is 4.79 Å². The van der Waals surface area contributed by atoms with Crippen molar-refractivity contribution < 1.29 is 14.6 Å². The van der Waals surface area contributed by atoms with E-state index < -0.39 is 5.91 Å². The van der Waals surface area contributed by atoms with E-state index >= 15 is 0 Å². The highest BCUT2D eigenvalue weighted by Gasteiger charge is 2.13. The number of phenols is 1. The lowest BCUT2D eigenvalue weighted by atomic mass is 10.1. The number of ether oxygens (including phenoxy) is 1. The molecule has 3 aromatic rings. The number of nitrogens with zero attached hydrogens (tertiary/aromatic N) is 1. The Hall–Kier alpha value is -3.43. The molecule has 2 aromatic carbocycles. The van der Waals surface area contributed by atoms with Crippen LogP contribution in [-0.2, 0) is 11.2 Å². The fraction of sp³-hybridized carbons (Fsp3) is 0.143. The van der Waals surface area contributed by atoms with E-state index in [4.69, 9.17) is 16.3 Å². The van der Waals surface area contributed by atoms with Crippen molar-refractivity contribution in [3.63, 3.8) is 0 Å². The number of methoxy groups -OCH3 is 1. The Morgan fingerprint density at radius 2 is 2.18 bits per heavy atom. The molecule has 142 valence electrons. The van der Waals surface area contributed by atoms with Gasteiger partial charge in [0, 0.05) is 40.3 Å². The van der Waals surface area contributed by atoms with Gasteiger partial charge in [-0.05, 0) is 30.2 Å². The summed E-state index contributed by atoms with van der Waals surface area (Å²) in [5, 5.41) is 23.7. The number of fused-ring (bicyclic) bond motifs is 1. The molecular weight excluding hydrogens is 378 g/mol. The van der Waals surface area contributed by atoms with Crippen LogP contribution in [0.15, 0.2) is 48.2 Å². The third-order valence-corrected chi connectivity index (χ3v) is 4.53. The van der Waals surface area contributed by atoms with Gasteiger partial charge in [0.1, 0.15) is 11.6 Å². The molecule has 0 aliphatic heterocycles. The van der Waals surface area contributed by atoms with Crippen molar-refractivity contribution in [2.24, 2.45) is 0 Å². The minimum Gasteiger partial charge on any atom is -0.504 e. The number of hydrogen-bond donors (Lipinski definition) is 3. The number of benzene rings is 2. The van der Waals surface area contributed by atoms with Crippen molar-refractivity contribution in [1.29, 1.82) is 5.26 Å². The zero-order valence-corrected chi connectivity index (χ0v) is 15.9.